The van der Waals surface area contributed by atoms with Gasteiger partial charge in [0.2, 0.25) is 0 Å². The summed E-state index contributed by atoms with van der Waals surface area (Å²) in [6.45, 7) is 1.59. The second-order valence-electron chi connectivity index (χ2n) is 11.7. The van der Waals surface area contributed by atoms with Gasteiger partial charge in [0.15, 0.2) is 0 Å². The van der Waals surface area contributed by atoms with Crippen molar-refractivity contribution < 1.29 is 52.7 Å². The van der Waals surface area contributed by atoms with Gasteiger partial charge in [0.25, 0.3) is 0 Å². The first-order chi connectivity index (χ1) is 23.7. The molecular formula is C36H27F12NP2. The molecule has 0 bridgehead atoms. The molecule has 0 saturated carbocycles. The van der Waals surface area contributed by atoms with Gasteiger partial charge < -0.3 is 0 Å². The van der Waals surface area contributed by atoms with E-state index in [4.69, 9.17) is 0 Å². The monoisotopic (exact) mass is 763 g/mol. The Morgan fingerprint density at radius 1 is 0.529 bits per heavy atom. The van der Waals surface area contributed by atoms with E-state index in [0.29, 0.717) is 24.3 Å². The van der Waals surface area contributed by atoms with Crippen LogP contribution >= 0.6 is 16.0 Å². The van der Waals surface area contributed by atoms with E-state index in [9.17, 15) is 52.7 Å². The number of rotatable bonds is 8. The van der Waals surface area contributed by atoms with E-state index in [1.54, 1.807) is 19.1 Å². The van der Waals surface area contributed by atoms with Crippen LogP contribution in [0.3, 0.4) is 0 Å². The average Bonchev–Trinajstić information content (AvgIpc) is 3.53. The highest BCUT2D eigenvalue weighted by atomic mass is 31.1. The lowest BCUT2D eigenvalue weighted by Gasteiger charge is -2.39. The third-order valence-electron chi connectivity index (χ3n) is 8.27. The van der Waals surface area contributed by atoms with E-state index in [0.717, 1.165) is 15.9 Å². The summed E-state index contributed by atoms with van der Waals surface area (Å²) in [5.74, 6) is -0.590. The molecule has 1 nitrogen and oxygen atoms in total. The minimum absolute atomic E-state index is 0.138. The van der Waals surface area contributed by atoms with Gasteiger partial charge in [-0.05, 0) is 84.8 Å². The fraction of sp³-hybridized carbons (Fsp3) is 0.222. The molecule has 0 aliphatic heterocycles. The molecular weight excluding hydrogens is 736 g/mol. The Hall–Kier alpha value is -3.66. The number of benzene rings is 4. The van der Waals surface area contributed by atoms with E-state index in [-0.39, 0.29) is 12.1 Å². The predicted molar refractivity (Wildman–Crippen MR) is 176 cm³/mol. The van der Waals surface area contributed by atoms with Gasteiger partial charge in [-0.15, -0.1) is 0 Å². The number of hydrogen-bond acceptors (Lipinski definition) is 1. The van der Waals surface area contributed by atoms with Gasteiger partial charge in [0.05, 0.1) is 22.3 Å². The smallest absolute Gasteiger partial charge is 0.274 e. The van der Waals surface area contributed by atoms with Gasteiger partial charge in [-0.1, -0.05) is 78.9 Å². The van der Waals surface area contributed by atoms with Crippen LogP contribution in [0.25, 0.3) is 0 Å². The molecule has 1 aliphatic carbocycles. The summed E-state index contributed by atoms with van der Waals surface area (Å²) in [5.41, 5.74) is -6.99. The summed E-state index contributed by atoms with van der Waals surface area (Å²) in [7, 11) is -2.88. The number of halogens is 12. The van der Waals surface area contributed by atoms with Gasteiger partial charge in [-0.2, -0.15) is 52.7 Å². The van der Waals surface area contributed by atoms with Gasteiger partial charge in [0.1, 0.15) is 0 Å². The van der Waals surface area contributed by atoms with E-state index >= 15 is 0 Å². The van der Waals surface area contributed by atoms with Crippen LogP contribution in [-0.4, -0.2) is 17.8 Å². The van der Waals surface area contributed by atoms with E-state index in [1.165, 1.54) is 11.7 Å². The number of alkyl halides is 12. The zero-order valence-electron chi connectivity index (χ0n) is 26.5. The molecule has 270 valence electrons. The third kappa shape index (κ3) is 8.70. The van der Waals surface area contributed by atoms with Crippen molar-refractivity contribution in [1.82, 2.24) is 4.67 Å². The Balaban J connectivity index is 1.72. The molecule has 4 aromatic rings. The lowest BCUT2D eigenvalue weighted by atomic mass is 10.0. The summed E-state index contributed by atoms with van der Waals surface area (Å²) in [5, 5.41) is 1.19. The number of hydrogen-bond donors (Lipinski definition) is 0. The molecule has 0 saturated heterocycles. The van der Waals surface area contributed by atoms with Crippen molar-refractivity contribution in [3.05, 3.63) is 143 Å². The molecule has 0 N–H and O–H groups in total. The second kappa shape index (κ2) is 14.4. The van der Waals surface area contributed by atoms with Gasteiger partial charge >= 0.3 is 24.7 Å². The number of nitrogens with zero attached hydrogens (tertiary/aromatic N) is 1. The van der Waals surface area contributed by atoms with Crippen molar-refractivity contribution in [2.24, 2.45) is 5.92 Å². The maximum atomic E-state index is 14.0. The Morgan fingerprint density at radius 2 is 0.882 bits per heavy atom. The van der Waals surface area contributed by atoms with Crippen molar-refractivity contribution in [3.8, 4) is 0 Å². The van der Waals surface area contributed by atoms with Crippen molar-refractivity contribution >= 4 is 37.2 Å². The van der Waals surface area contributed by atoms with Crippen molar-refractivity contribution in [2.45, 2.75) is 37.7 Å². The maximum Gasteiger partial charge on any atom is 0.416 e. The molecule has 4 aromatic carbocycles. The first kappa shape index (κ1) is 38.6. The Morgan fingerprint density at radius 3 is 1.22 bits per heavy atom. The minimum Gasteiger partial charge on any atom is -0.274 e. The van der Waals surface area contributed by atoms with Crippen LogP contribution in [0.15, 0.2) is 121 Å². The van der Waals surface area contributed by atoms with Gasteiger partial charge in [-0.25, -0.2) is 0 Å². The Bertz CT molecular complexity index is 1720. The summed E-state index contributed by atoms with van der Waals surface area (Å²) in [6.07, 6.45) is -16.0. The lowest BCUT2D eigenvalue weighted by molar-refractivity contribution is -0.144. The van der Waals surface area contributed by atoms with E-state index in [2.05, 4.69) is 0 Å². The molecule has 5 rings (SSSR count). The number of allylic oxidation sites excluding steroid dienone is 2. The molecule has 2 atom stereocenters. The van der Waals surface area contributed by atoms with Crippen LogP contribution in [0, 0.1) is 5.92 Å². The SMILES string of the molecule is C[C@@H](C1C=CC=C1P(c1ccccc1)c1ccccc1)N(C)P(c1cc(C(F)(F)F)cc(C(F)(F)F)c1)c1cc(C(F)(F)F)cc(C(F)(F)F)c1. The van der Waals surface area contributed by atoms with Crippen LogP contribution < -0.4 is 21.2 Å². The summed E-state index contributed by atoms with van der Waals surface area (Å²) < 4.78 is 170. The fourth-order valence-corrected chi connectivity index (χ4v) is 11.0. The highest BCUT2D eigenvalue weighted by molar-refractivity contribution is 7.76. The quantitative estimate of drug-likeness (QED) is 0.128. The Kier molecular flexibility index (Phi) is 10.9. The van der Waals surface area contributed by atoms with Crippen LogP contribution in [0.1, 0.15) is 29.2 Å². The molecule has 15 heteroatoms. The van der Waals surface area contributed by atoms with Crippen LogP contribution in [0.2, 0.25) is 0 Å². The molecule has 0 aromatic heterocycles. The molecule has 1 aliphatic rings. The molecule has 0 amide bonds. The largest absolute Gasteiger partial charge is 0.416 e. The van der Waals surface area contributed by atoms with E-state index < -0.39 is 85.5 Å². The topological polar surface area (TPSA) is 3.24 Å². The standard InChI is InChI=1S/C36H27F12NP2/c1-22(31-14-9-15-32(31)50(27-10-5-3-6-11-27)28-12-7-4-8-13-28)49(2)51(29-18-23(33(37,38)39)16-24(19-29)34(40,41)42)30-20-25(35(43,44)45)17-26(21-30)36(46,47)48/h3-22,31H,1-2H3/t22-,31?/m0/s1. The zero-order valence-corrected chi connectivity index (χ0v) is 28.3. The van der Waals surface area contributed by atoms with Crippen molar-refractivity contribution in [3.63, 3.8) is 0 Å². The van der Waals surface area contributed by atoms with Crippen molar-refractivity contribution in [2.75, 3.05) is 7.05 Å². The predicted octanol–water partition coefficient (Wildman–Crippen LogP) is 10.6. The molecule has 0 fully saturated rings. The Labute approximate surface area is 287 Å². The summed E-state index contributed by atoms with van der Waals surface area (Å²) in [6, 6.07) is 18.9. The molecule has 0 radical (unpaired) electrons. The highest BCUT2D eigenvalue weighted by Gasteiger charge is 2.42. The maximum absolute atomic E-state index is 14.0. The van der Waals surface area contributed by atoms with Crippen molar-refractivity contribution in [1.29, 1.82) is 0 Å². The first-order valence-electron chi connectivity index (χ1n) is 15.1. The second-order valence-corrected chi connectivity index (χ2v) is 16.2. The molecule has 0 heterocycles. The summed E-state index contributed by atoms with van der Waals surface area (Å²) >= 11 is 0. The fourth-order valence-electron chi connectivity index (χ4n) is 5.77. The van der Waals surface area contributed by atoms with Crippen LogP contribution in [0.4, 0.5) is 52.7 Å². The first-order valence-corrected chi connectivity index (χ1v) is 17.7. The normalized spacial score (nSPS) is 16.3. The highest BCUT2D eigenvalue weighted by Crippen LogP contribution is 2.53. The molecule has 0 spiro atoms. The summed E-state index contributed by atoms with van der Waals surface area (Å²) in [4.78, 5) is 0. The molecule has 1 unspecified atom stereocenters. The minimum atomic E-state index is -5.32. The van der Waals surface area contributed by atoms with Gasteiger partial charge in [0, 0.05) is 20.0 Å². The van der Waals surface area contributed by atoms with Gasteiger partial charge in [-0.3, -0.25) is 4.67 Å². The van der Waals surface area contributed by atoms with Crippen LogP contribution in [0.5, 0.6) is 0 Å². The van der Waals surface area contributed by atoms with E-state index in [1.807, 2.05) is 66.7 Å². The average molecular weight is 764 g/mol. The lowest BCUT2D eigenvalue weighted by Crippen LogP contribution is -2.38. The molecule has 51 heavy (non-hydrogen) atoms. The third-order valence-corrected chi connectivity index (χ3v) is 13.4. The zero-order chi connectivity index (χ0) is 37.5. The van der Waals surface area contributed by atoms with Crippen LogP contribution in [-0.2, 0) is 24.7 Å².